The van der Waals surface area contributed by atoms with Crippen molar-refractivity contribution in [2.45, 2.75) is 63.3 Å². The monoisotopic (exact) mass is 234 g/mol. The molecular weight excluding hydrogens is 212 g/mol. The predicted molar refractivity (Wildman–Crippen MR) is 67.0 cm³/mol. The predicted octanol–water partition coefficient (Wildman–Crippen LogP) is 2.32. The highest BCUT2D eigenvalue weighted by atomic mass is 15.2. The molecule has 0 spiro atoms. The van der Waals surface area contributed by atoms with Gasteiger partial charge < -0.3 is 5.32 Å². The number of nitrogens with one attached hydrogen (secondary N) is 2. The highest BCUT2D eigenvalue weighted by Crippen LogP contribution is 2.32. The number of hydrogen-bond donors (Lipinski definition) is 2. The third-order valence-corrected chi connectivity index (χ3v) is 4.37. The zero-order valence-electron chi connectivity index (χ0n) is 10.6. The Bertz CT molecular complexity index is 367. The quantitative estimate of drug-likeness (QED) is 0.825. The van der Waals surface area contributed by atoms with Crippen molar-refractivity contribution in [3.8, 4) is 0 Å². The summed E-state index contributed by atoms with van der Waals surface area (Å²) in [5.41, 5.74) is 0. The molecule has 0 amide bonds. The highest BCUT2D eigenvalue weighted by molar-refractivity contribution is 5.07. The van der Waals surface area contributed by atoms with E-state index in [-0.39, 0.29) is 0 Å². The molecular formula is C13H22N4. The minimum absolute atomic E-state index is 0.528. The van der Waals surface area contributed by atoms with Gasteiger partial charge >= 0.3 is 0 Å². The molecule has 1 saturated heterocycles. The highest BCUT2D eigenvalue weighted by Gasteiger charge is 2.28. The Labute approximate surface area is 103 Å². The van der Waals surface area contributed by atoms with Gasteiger partial charge in [0.05, 0.1) is 0 Å². The number of hydrogen-bond acceptors (Lipinski definition) is 3. The Hall–Kier alpha value is -0.900. The number of rotatable bonds is 2. The van der Waals surface area contributed by atoms with Crippen molar-refractivity contribution in [3.63, 3.8) is 0 Å². The molecule has 2 unspecified atom stereocenters. The van der Waals surface area contributed by atoms with Gasteiger partial charge in [-0.25, -0.2) is 4.98 Å². The third-order valence-electron chi connectivity index (χ3n) is 4.37. The van der Waals surface area contributed by atoms with E-state index in [1.54, 1.807) is 0 Å². The van der Waals surface area contributed by atoms with Gasteiger partial charge in [0, 0.05) is 17.9 Å². The first-order valence-corrected chi connectivity index (χ1v) is 7.00. The van der Waals surface area contributed by atoms with E-state index >= 15 is 0 Å². The van der Waals surface area contributed by atoms with Crippen LogP contribution in [0.25, 0.3) is 0 Å². The molecule has 3 rings (SSSR count). The van der Waals surface area contributed by atoms with Crippen LogP contribution in [0, 0.1) is 0 Å². The molecule has 1 aromatic rings. The first-order valence-electron chi connectivity index (χ1n) is 7.00. The summed E-state index contributed by atoms with van der Waals surface area (Å²) in [6.45, 7) is 3.34. The fraction of sp³-hybridized carbons (Fsp3) is 0.846. The lowest BCUT2D eigenvalue weighted by atomic mass is 9.89. The Morgan fingerprint density at radius 1 is 1.12 bits per heavy atom. The average Bonchev–Trinajstić information content (AvgIpc) is 2.98. The van der Waals surface area contributed by atoms with Crippen LogP contribution in [0.4, 0.5) is 0 Å². The summed E-state index contributed by atoms with van der Waals surface area (Å²) in [6, 6.07) is 0.530. The van der Waals surface area contributed by atoms with Crippen LogP contribution in [0.1, 0.15) is 68.9 Å². The molecule has 0 bridgehead atoms. The topological polar surface area (TPSA) is 53.6 Å². The van der Waals surface area contributed by atoms with Gasteiger partial charge in [-0.1, -0.05) is 19.3 Å². The van der Waals surface area contributed by atoms with Crippen molar-refractivity contribution < 1.29 is 0 Å². The van der Waals surface area contributed by atoms with E-state index in [9.17, 15) is 0 Å². The van der Waals surface area contributed by atoms with E-state index in [1.165, 1.54) is 38.5 Å². The van der Waals surface area contributed by atoms with Crippen LogP contribution in [0.2, 0.25) is 0 Å². The normalized spacial score (nSPS) is 30.9. The van der Waals surface area contributed by atoms with Crippen molar-refractivity contribution in [1.82, 2.24) is 20.5 Å². The Morgan fingerprint density at radius 3 is 2.65 bits per heavy atom. The SMILES string of the molecule is CC1NCCC1c1nc(C2CCCCC2)n[nH]1. The van der Waals surface area contributed by atoms with Crippen LogP contribution in [-0.2, 0) is 0 Å². The maximum atomic E-state index is 4.76. The van der Waals surface area contributed by atoms with Crippen LogP contribution in [0.15, 0.2) is 0 Å². The van der Waals surface area contributed by atoms with Crippen LogP contribution in [0.3, 0.4) is 0 Å². The van der Waals surface area contributed by atoms with Crippen LogP contribution in [-0.4, -0.2) is 27.8 Å². The fourth-order valence-corrected chi connectivity index (χ4v) is 3.23. The van der Waals surface area contributed by atoms with E-state index in [0.29, 0.717) is 17.9 Å². The Balaban J connectivity index is 1.73. The van der Waals surface area contributed by atoms with E-state index in [2.05, 4.69) is 22.4 Å². The van der Waals surface area contributed by atoms with Gasteiger partial charge in [0.15, 0.2) is 5.82 Å². The van der Waals surface area contributed by atoms with Gasteiger partial charge in [-0.05, 0) is 32.7 Å². The molecule has 4 nitrogen and oxygen atoms in total. The van der Waals surface area contributed by atoms with Gasteiger partial charge in [0.1, 0.15) is 5.82 Å². The zero-order valence-corrected chi connectivity index (χ0v) is 10.6. The number of H-pyrrole nitrogens is 1. The summed E-state index contributed by atoms with van der Waals surface area (Å²) in [7, 11) is 0. The molecule has 0 radical (unpaired) electrons. The van der Waals surface area contributed by atoms with Crippen molar-refractivity contribution >= 4 is 0 Å². The lowest BCUT2D eigenvalue weighted by Crippen LogP contribution is -2.22. The van der Waals surface area contributed by atoms with Crippen LogP contribution >= 0.6 is 0 Å². The summed E-state index contributed by atoms with van der Waals surface area (Å²) in [4.78, 5) is 4.76. The molecule has 2 aliphatic rings. The summed E-state index contributed by atoms with van der Waals surface area (Å²) in [5.74, 6) is 3.31. The third kappa shape index (κ3) is 2.23. The van der Waals surface area contributed by atoms with Crippen LogP contribution in [0.5, 0.6) is 0 Å². The lowest BCUT2D eigenvalue weighted by molar-refractivity contribution is 0.429. The molecule has 1 aromatic heterocycles. The standard InChI is InChI=1S/C13H22N4/c1-9-11(7-8-14-9)13-15-12(16-17-13)10-5-3-2-4-6-10/h9-11,14H,2-8H2,1H3,(H,15,16,17). The van der Waals surface area contributed by atoms with Gasteiger partial charge in [-0.3, -0.25) is 5.10 Å². The molecule has 2 fully saturated rings. The molecule has 2 N–H and O–H groups in total. The molecule has 2 heterocycles. The number of aromatic nitrogens is 3. The summed E-state index contributed by atoms with van der Waals surface area (Å²) in [5, 5.41) is 11.1. The molecule has 94 valence electrons. The molecule has 1 saturated carbocycles. The lowest BCUT2D eigenvalue weighted by Gasteiger charge is -2.18. The summed E-state index contributed by atoms with van der Waals surface area (Å²) >= 11 is 0. The second-order valence-corrected chi connectivity index (χ2v) is 5.55. The minimum atomic E-state index is 0.528. The zero-order chi connectivity index (χ0) is 11.7. The summed E-state index contributed by atoms with van der Waals surface area (Å²) in [6.07, 6.45) is 7.80. The van der Waals surface area contributed by atoms with E-state index < -0.39 is 0 Å². The van der Waals surface area contributed by atoms with Crippen molar-refractivity contribution in [2.75, 3.05) is 6.54 Å². The van der Waals surface area contributed by atoms with Crippen LogP contribution < -0.4 is 5.32 Å². The molecule has 17 heavy (non-hydrogen) atoms. The Morgan fingerprint density at radius 2 is 1.94 bits per heavy atom. The molecule has 4 heteroatoms. The molecule has 1 aliphatic carbocycles. The Kier molecular flexibility index (Phi) is 3.14. The fourth-order valence-electron chi connectivity index (χ4n) is 3.23. The minimum Gasteiger partial charge on any atom is -0.314 e. The number of aromatic amines is 1. The average molecular weight is 234 g/mol. The van der Waals surface area contributed by atoms with Gasteiger partial charge in [0.25, 0.3) is 0 Å². The van der Waals surface area contributed by atoms with E-state index in [4.69, 9.17) is 4.98 Å². The second kappa shape index (κ2) is 4.77. The molecule has 0 aromatic carbocycles. The first-order chi connectivity index (χ1) is 8.34. The molecule has 2 atom stereocenters. The number of nitrogens with zero attached hydrogens (tertiary/aromatic N) is 2. The van der Waals surface area contributed by atoms with Crippen molar-refractivity contribution in [1.29, 1.82) is 0 Å². The van der Waals surface area contributed by atoms with E-state index in [0.717, 1.165) is 18.2 Å². The van der Waals surface area contributed by atoms with Crippen molar-refractivity contribution in [2.24, 2.45) is 0 Å². The maximum absolute atomic E-state index is 4.76. The largest absolute Gasteiger partial charge is 0.314 e. The smallest absolute Gasteiger partial charge is 0.153 e. The first kappa shape index (κ1) is 11.2. The van der Waals surface area contributed by atoms with E-state index in [1.807, 2.05) is 0 Å². The van der Waals surface area contributed by atoms with Gasteiger partial charge in [-0.15, -0.1) is 0 Å². The van der Waals surface area contributed by atoms with Crippen molar-refractivity contribution in [3.05, 3.63) is 11.6 Å². The van der Waals surface area contributed by atoms with Gasteiger partial charge in [-0.2, -0.15) is 5.10 Å². The summed E-state index contributed by atoms with van der Waals surface area (Å²) < 4.78 is 0. The second-order valence-electron chi connectivity index (χ2n) is 5.55. The maximum Gasteiger partial charge on any atom is 0.153 e. The van der Waals surface area contributed by atoms with Gasteiger partial charge in [0.2, 0.25) is 0 Å². The molecule has 1 aliphatic heterocycles.